The second-order valence-electron chi connectivity index (χ2n) is 20.3. The largest absolute Gasteiger partial charge is 0.436 e. The Bertz CT molecular complexity index is 2230. The van der Waals surface area contributed by atoms with Gasteiger partial charge in [-0.1, -0.05) is 155 Å². The molecule has 0 fully saturated rings. The van der Waals surface area contributed by atoms with Crippen molar-refractivity contribution >= 4 is 58.9 Å². The summed E-state index contributed by atoms with van der Waals surface area (Å²) in [5, 5.41) is 0. The van der Waals surface area contributed by atoms with Crippen LogP contribution >= 0.6 is 0 Å². The molecule has 2 aromatic carbocycles. The molecule has 0 aliphatic rings. The maximum absolute atomic E-state index is 15.1. The Morgan fingerprint density at radius 3 is 0.793 bits per heavy atom. The van der Waals surface area contributed by atoms with Gasteiger partial charge in [0.1, 0.15) is 24.4 Å². The fourth-order valence-corrected chi connectivity index (χ4v) is 9.26. The molecule has 0 aliphatic heterocycles. The number of carbonyl (C=O) groups is 10. The van der Waals surface area contributed by atoms with Crippen molar-refractivity contribution in [3.63, 3.8) is 0 Å². The summed E-state index contributed by atoms with van der Waals surface area (Å²) in [5.41, 5.74) is -2.77. The molecule has 20 nitrogen and oxygen atoms in total. The first kappa shape index (κ1) is 71.9. The van der Waals surface area contributed by atoms with Gasteiger partial charge in [0.15, 0.2) is 23.1 Å². The van der Waals surface area contributed by atoms with E-state index >= 15 is 9.59 Å². The molecule has 0 spiro atoms. The molecule has 0 aromatic heterocycles. The second kappa shape index (κ2) is 39.3. The highest BCUT2D eigenvalue weighted by Crippen LogP contribution is 2.30. The predicted octanol–water partition coefficient (Wildman–Crippen LogP) is 12.4. The minimum Gasteiger partial charge on any atom is -0.436 e. The Morgan fingerprint density at radius 2 is 0.561 bits per heavy atom. The molecular weight excluding hydrogens is 1060 g/mol. The van der Waals surface area contributed by atoms with Gasteiger partial charge in [-0.25, -0.2) is 19.4 Å². The SMILES string of the molecule is CCCCCCC(OC(C)OC(C)=O)C(=O)c1cccc(C(=O)OOC(=O)c2cccc(C(=O)C(CCCCCC)OC(C)OC(C)=O)c2C(=O)C(CCCCCC)OC(C)OC(C)=O)c1C(=O)C(CCCCCC)OC(C)OC(C)=O. The summed E-state index contributed by atoms with van der Waals surface area (Å²) in [6, 6.07) is 7.54. The lowest BCUT2D eigenvalue weighted by atomic mass is 9.88. The number of benzene rings is 2. The minimum absolute atomic E-state index is 0.0546. The van der Waals surface area contributed by atoms with Gasteiger partial charge in [0.05, 0.1) is 11.1 Å². The van der Waals surface area contributed by atoms with E-state index < -0.39 is 131 Å². The van der Waals surface area contributed by atoms with Gasteiger partial charge in [0.2, 0.25) is 25.2 Å². The molecule has 0 amide bonds. The van der Waals surface area contributed by atoms with E-state index in [2.05, 4.69) is 0 Å². The van der Waals surface area contributed by atoms with Crippen molar-refractivity contribution in [2.24, 2.45) is 0 Å². The molecule has 82 heavy (non-hydrogen) atoms. The average molecular weight is 1160 g/mol. The Kier molecular flexibility index (Phi) is 34.4. The standard InChI is InChI=1S/C62H90O20/c1-13-17-21-25-35-51(77-43(9)73-39(5)63)57(67)47-31-29-33-49(55(47)59(69)53(37-27-23-19-15-3)79-45(11)75-41(7)65)61(71)81-82-62(72)50-34-30-32-48(58(68)52(36-26-22-18-14-2)78-44(10)74-40(6)64)56(50)60(70)54(38-28-24-20-16-4)80-46(12)76-42(8)66/h29-34,43-46,51-54H,13-28,35-38H2,1-12H3. The van der Waals surface area contributed by atoms with Crippen molar-refractivity contribution in [1.29, 1.82) is 0 Å². The summed E-state index contributed by atoms with van der Waals surface area (Å²) in [5.74, 6) is -8.98. The lowest BCUT2D eigenvalue weighted by Gasteiger charge is -2.25. The molecule has 0 heterocycles. The van der Waals surface area contributed by atoms with Crippen LogP contribution in [-0.4, -0.2) is 109 Å². The number of hydrogen-bond acceptors (Lipinski definition) is 20. The lowest BCUT2D eigenvalue weighted by Crippen LogP contribution is -2.36. The summed E-state index contributed by atoms with van der Waals surface area (Å²) in [6.07, 6.45) is 1.38. The number of unbranched alkanes of at least 4 members (excludes halogenated alkanes) is 12. The quantitative estimate of drug-likeness (QED) is 0.0114. The summed E-state index contributed by atoms with van der Waals surface area (Å²) in [7, 11) is 0. The zero-order chi connectivity index (χ0) is 61.3. The highest BCUT2D eigenvalue weighted by Gasteiger charge is 2.38. The number of Topliss-reactive ketones (excluding diaryl/α,β-unsaturated/α-hetero) is 4. The van der Waals surface area contributed by atoms with Gasteiger partial charge in [0.25, 0.3) is 0 Å². The van der Waals surface area contributed by atoms with Crippen LogP contribution in [0.5, 0.6) is 0 Å². The molecular formula is C62H90O20. The molecule has 8 atom stereocenters. The van der Waals surface area contributed by atoms with Crippen LogP contribution in [-0.2, 0) is 66.8 Å². The van der Waals surface area contributed by atoms with Gasteiger partial charge >= 0.3 is 35.8 Å². The highest BCUT2D eigenvalue weighted by atomic mass is 17.2. The second-order valence-corrected chi connectivity index (χ2v) is 20.3. The van der Waals surface area contributed by atoms with E-state index in [1.54, 1.807) is 0 Å². The van der Waals surface area contributed by atoms with Crippen molar-refractivity contribution in [3.8, 4) is 0 Å². The topological polar surface area (TPSA) is 263 Å². The smallest absolute Gasteiger partial charge is 0.387 e. The van der Waals surface area contributed by atoms with Gasteiger partial charge < -0.3 is 37.9 Å². The van der Waals surface area contributed by atoms with E-state index in [0.29, 0.717) is 51.4 Å². The minimum atomic E-state index is -1.45. The summed E-state index contributed by atoms with van der Waals surface area (Å²) >= 11 is 0. The van der Waals surface area contributed by atoms with Gasteiger partial charge in [-0.3, -0.25) is 38.4 Å². The van der Waals surface area contributed by atoms with Crippen molar-refractivity contribution in [2.45, 2.75) is 261 Å². The van der Waals surface area contributed by atoms with Crippen LogP contribution in [0, 0.1) is 0 Å². The average Bonchev–Trinajstić information content (AvgIpc) is 3.61. The highest BCUT2D eigenvalue weighted by molar-refractivity contribution is 6.18. The maximum atomic E-state index is 15.1. The number of ketones is 4. The number of hydrogen-bond donors (Lipinski definition) is 0. The van der Waals surface area contributed by atoms with Crippen LogP contribution < -0.4 is 0 Å². The molecule has 0 saturated carbocycles. The van der Waals surface area contributed by atoms with E-state index in [1.165, 1.54) is 77.9 Å². The molecule has 0 N–H and O–H groups in total. The number of carbonyl (C=O) groups excluding carboxylic acids is 10. The first-order valence-corrected chi connectivity index (χ1v) is 29.2. The Morgan fingerprint density at radius 1 is 0.329 bits per heavy atom. The van der Waals surface area contributed by atoms with E-state index in [1.807, 2.05) is 27.7 Å². The zero-order valence-corrected chi connectivity index (χ0v) is 50.4. The van der Waals surface area contributed by atoms with Crippen LogP contribution in [0.15, 0.2) is 36.4 Å². The fraction of sp³-hybridized carbons (Fsp3) is 0.645. The third-order valence-electron chi connectivity index (χ3n) is 13.0. The van der Waals surface area contributed by atoms with E-state index in [4.69, 9.17) is 47.7 Å². The van der Waals surface area contributed by atoms with Gasteiger partial charge in [-0.2, -0.15) is 0 Å². The molecule has 2 rings (SSSR count). The number of ether oxygens (including phenoxy) is 8. The van der Waals surface area contributed by atoms with E-state index in [9.17, 15) is 38.4 Å². The van der Waals surface area contributed by atoms with Crippen LogP contribution in [0.2, 0.25) is 0 Å². The Hall–Kier alpha value is -6.22. The molecule has 2 aromatic rings. The summed E-state index contributed by atoms with van der Waals surface area (Å²) in [4.78, 5) is 148. The monoisotopic (exact) mass is 1150 g/mol. The lowest BCUT2D eigenvalue weighted by molar-refractivity contribution is -0.187. The van der Waals surface area contributed by atoms with Crippen molar-refractivity contribution in [3.05, 3.63) is 69.8 Å². The maximum Gasteiger partial charge on any atom is 0.387 e. The van der Waals surface area contributed by atoms with Gasteiger partial charge in [0, 0.05) is 49.9 Å². The van der Waals surface area contributed by atoms with Gasteiger partial charge in [-0.05, 0) is 65.5 Å². The fourth-order valence-electron chi connectivity index (χ4n) is 9.26. The molecule has 458 valence electrons. The summed E-state index contributed by atoms with van der Waals surface area (Å²) in [6.45, 7) is 18.4. The predicted molar refractivity (Wildman–Crippen MR) is 300 cm³/mol. The van der Waals surface area contributed by atoms with Crippen molar-refractivity contribution in [2.75, 3.05) is 0 Å². The van der Waals surface area contributed by atoms with Crippen molar-refractivity contribution in [1.82, 2.24) is 0 Å². The Labute approximate surface area is 483 Å². The molecule has 0 radical (unpaired) electrons. The summed E-state index contributed by atoms with van der Waals surface area (Å²) < 4.78 is 45.0. The number of esters is 4. The van der Waals surface area contributed by atoms with E-state index in [-0.39, 0.29) is 36.8 Å². The molecule has 0 aliphatic carbocycles. The molecule has 8 unspecified atom stereocenters. The van der Waals surface area contributed by atoms with Crippen molar-refractivity contribution < 1.29 is 95.6 Å². The molecule has 20 heteroatoms. The molecule has 0 bridgehead atoms. The Balaban J connectivity index is 2.98. The van der Waals surface area contributed by atoms with Crippen LogP contribution in [0.4, 0.5) is 0 Å². The first-order valence-electron chi connectivity index (χ1n) is 29.2. The molecule has 0 saturated heterocycles. The zero-order valence-electron chi connectivity index (χ0n) is 50.4. The third-order valence-corrected chi connectivity index (χ3v) is 13.0. The van der Waals surface area contributed by atoms with E-state index in [0.717, 1.165) is 65.2 Å². The first-order chi connectivity index (χ1) is 39.0. The number of rotatable bonds is 42. The van der Waals surface area contributed by atoms with Gasteiger partial charge in [-0.15, -0.1) is 0 Å². The van der Waals surface area contributed by atoms with Crippen LogP contribution in [0.1, 0.15) is 274 Å². The van der Waals surface area contributed by atoms with Crippen LogP contribution in [0.3, 0.4) is 0 Å². The van der Waals surface area contributed by atoms with Crippen LogP contribution in [0.25, 0.3) is 0 Å². The third kappa shape index (κ3) is 25.9. The normalized spacial score (nSPS) is 14.1.